The van der Waals surface area contributed by atoms with Crippen molar-refractivity contribution in [1.29, 1.82) is 0 Å². The highest BCUT2D eigenvalue weighted by atomic mass is 16.4. The number of amides is 4. The fourth-order valence-electron chi connectivity index (χ4n) is 2.74. The van der Waals surface area contributed by atoms with Crippen LogP contribution in [0.1, 0.15) is 54.4 Å². The number of nitrogens with one attached hydrogen (secondary N) is 3. The van der Waals surface area contributed by atoms with Crippen molar-refractivity contribution in [1.82, 2.24) is 16.0 Å². The van der Waals surface area contributed by atoms with Crippen molar-refractivity contribution in [3.8, 4) is 0 Å². The van der Waals surface area contributed by atoms with Gasteiger partial charge in [-0.2, -0.15) is 0 Å². The summed E-state index contributed by atoms with van der Waals surface area (Å²) in [5, 5.41) is 16.6. The van der Waals surface area contributed by atoms with Crippen LogP contribution in [0.15, 0.2) is 0 Å². The van der Waals surface area contributed by atoms with Crippen molar-refractivity contribution < 1.29 is 29.1 Å². The largest absolute Gasteiger partial charge is 0.480 e. The minimum atomic E-state index is -1.32. The Labute approximate surface area is 183 Å². The zero-order valence-electron chi connectivity index (χ0n) is 19.1. The number of rotatable bonds is 13. The zero-order chi connectivity index (χ0) is 24.5. The third kappa shape index (κ3) is 9.33. The lowest BCUT2D eigenvalue weighted by Crippen LogP contribution is -2.59. The van der Waals surface area contributed by atoms with Gasteiger partial charge >= 0.3 is 5.97 Å². The van der Waals surface area contributed by atoms with Gasteiger partial charge in [0, 0.05) is 0 Å². The van der Waals surface area contributed by atoms with E-state index in [4.69, 9.17) is 11.5 Å². The maximum Gasteiger partial charge on any atom is 0.326 e. The Kier molecular flexibility index (Phi) is 11.8. The topological polar surface area (TPSA) is 194 Å². The SMILES string of the molecule is CCC(C)C(N)C(=O)NC(CC(N)=O)C(=O)NC(C(=O)NC(C(=O)O)C(C)C)C(C)C. The molecule has 11 nitrogen and oxygen atoms in total. The molecule has 0 saturated carbocycles. The zero-order valence-corrected chi connectivity index (χ0v) is 19.1. The van der Waals surface area contributed by atoms with E-state index in [0.717, 1.165) is 0 Å². The number of nitrogens with two attached hydrogens (primary N) is 2. The van der Waals surface area contributed by atoms with Crippen LogP contribution < -0.4 is 27.4 Å². The molecule has 8 N–H and O–H groups in total. The normalized spacial score (nSPS) is 16.0. The van der Waals surface area contributed by atoms with E-state index in [2.05, 4.69) is 16.0 Å². The number of primary amides is 1. The lowest BCUT2D eigenvalue weighted by molar-refractivity contribution is -0.144. The number of carbonyl (C=O) groups is 5. The van der Waals surface area contributed by atoms with Crippen LogP contribution in [0.4, 0.5) is 0 Å². The van der Waals surface area contributed by atoms with Gasteiger partial charge in [0.25, 0.3) is 0 Å². The van der Waals surface area contributed by atoms with Gasteiger partial charge < -0.3 is 32.5 Å². The van der Waals surface area contributed by atoms with Gasteiger partial charge in [-0.05, 0) is 17.8 Å². The Bertz CT molecular complexity index is 666. The Hall–Kier alpha value is -2.69. The van der Waals surface area contributed by atoms with Gasteiger partial charge in [-0.3, -0.25) is 19.2 Å². The second-order valence-corrected chi connectivity index (χ2v) is 8.44. The number of hydrogen-bond donors (Lipinski definition) is 6. The van der Waals surface area contributed by atoms with Crippen LogP contribution in [0.2, 0.25) is 0 Å². The Morgan fingerprint density at radius 2 is 1.29 bits per heavy atom. The molecule has 0 aliphatic rings. The van der Waals surface area contributed by atoms with Crippen molar-refractivity contribution in [2.24, 2.45) is 29.2 Å². The third-order valence-electron chi connectivity index (χ3n) is 5.08. The van der Waals surface area contributed by atoms with Crippen LogP contribution in [0.3, 0.4) is 0 Å². The molecule has 0 bridgehead atoms. The first-order valence-electron chi connectivity index (χ1n) is 10.4. The maximum absolute atomic E-state index is 12.8. The van der Waals surface area contributed by atoms with Gasteiger partial charge in [0.05, 0.1) is 12.5 Å². The average molecular weight is 444 g/mol. The van der Waals surface area contributed by atoms with E-state index in [1.54, 1.807) is 34.6 Å². The molecule has 31 heavy (non-hydrogen) atoms. The summed E-state index contributed by atoms with van der Waals surface area (Å²) in [6, 6.07) is -4.45. The first kappa shape index (κ1) is 28.3. The summed E-state index contributed by atoms with van der Waals surface area (Å²) in [6.45, 7) is 10.2. The van der Waals surface area contributed by atoms with Gasteiger partial charge in [-0.25, -0.2) is 4.79 Å². The molecule has 178 valence electrons. The molecule has 5 atom stereocenters. The number of carbonyl (C=O) groups excluding carboxylic acids is 4. The number of carboxylic acid groups (broad SMARTS) is 1. The molecular weight excluding hydrogens is 406 g/mol. The van der Waals surface area contributed by atoms with Gasteiger partial charge in [0.1, 0.15) is 18.1 Å². The first-order chi connectivity index (χ1) is 14.2. The summed E-state index contributed by atoms with van der Waals surface area (Å²) in [7, 11) is 0. The van der Waals surface area contributed by atoms with Crippen LogP contribution in [0.25, 0.3) is 0 Å². The monoisotopic (exact) mass is 443 g/mol. The molecule has 0 aromatic carbocycles. The summed E-state index contributed by atoms with van der Waals surface area (Å²) in [5.41, 5.74) is 11.1. The molecule has 5 unspecified atom stereocenters. The van der Waals surface area contributed by atoms with E-state index < -0.39 is 66.1 Å². The van der Waals surface area contributed by atoms with Crippen molar-refractivity contribution in [3.05, 3.63) is 0 Å². The van der Waals surface area contributed by atoms with Crippen LogP contribution in [-0.4, -0.2) is 58.9 Å². The summed E-state index contributed by atoms with van der Waals surface area (Å²) >= 11 is 0. The molecule has 0 rings (SSSR count). The fraction of sp³-hybridized carbons (Fsp3) is 0.750. The molecular formula is C20H37N5O6. The molecule has 0 aromatic rings. The molecule has 11 heteroatoms. The van der Waals surface area contributed by atoms with Gasteiger partial charge in [-0.1, -0.05) is 48.0 Å². The average Bonchev–Trinajstić information content (AvgIpc) is 2.66. The van der Waals surface area contributed by atoms with Crippen LogP contribution in [-0.2, 0) is 24.0 Å². The number of aliphatic carboxylic acids is 1. The summed E-state index contributed by atoms with van der Waals surface area (Å²) in [5.74, 6) is -5.07. The summed E-state index contributed by atoms with van der Waals surface area (Å²) in [6.07, 6.45) is 0.151. The van der Waals surface area contributed by atoms with E-state index >= 15 is 0 Å². The first-order valence-corrected chi connectivity index (χ1v) is 10.4. The van der Waals surface area contributed by atoms with Crippen LogP contribution in [0, 0.1) is 17.8 Å². The fourth-order valence-corrected chi connectivity index (χ4v) is 2.74. The van der Waals surface area contributed by atoms with E-state index in [-0.39, 0.29) is 11.8 Å². The van der Waals surface area contributed by atoms with Crippen molar-refractivity contribution in [3.63, 3.8) is 0 Å². The maximum atomic E-state index is 12.8. The lowest BCUT2D eigenvalue weighted by Gasteiger charge is -2.28. The molecule has 0 radical (unpaired) electrons. The van der Waals surface area contributed by atoms with Crippen LogP contribution in [0.5, 0.6) is 0 Å². The van der Waals surface area contributed by atoms with Crippen molar-refractivity contribution in [2.45, 2.75) is 78.6 Å². The van der Waals surface area contributed by atoms with E-state index in [1.807, 2.05) is 6.92 Å². The third-order valence-corrected chi connectivity index (χ3v) is 5.08. The quantitative estimate of drug-likeness (QED) is 0.212. The van der Waals surface area contributed by atoms with Gasteiger partial charge in [-0.15, -0.1) is 0 Å². The molecule has 0 fully saturated rings. The second-order valence-electron chi connectivity index (χ2n) is 8.44. The summed E-state index contributed by atoms with van der Waals surface area (Å²) < 4.78 is 0. The van der Waals surface area contributed by atoms with E-state index in [9.17, 15) is 29.1 Å². The number of carboxylic acids is 1. The molecule has 0 spiro atoms. The highest BCUT2D eigenvalue weighted by Gasteiger charge is 2.33. The molecule has 0 saturated heterocycles. The molecule has 4 amide bonds. The highest BCUT2D eigenvalue weighted by molar-refractivity contribution is 5.96. The predicted octanol–water partition coefficient (Wildman–Crippen LogP) is -0.914. The Balaban J connectivity index is 5.48. The minimum Gasteiger partial charge on any atom is -0.480 e. The highest BCUT2D eigenvalue weighted by Crippen LogP contribution is 2.09. The predicted molar refractivity (Wildman–Crippen MR) is 114 cm³/mol. The molecule has 0 aliphatic carbocycles. The summed E-state index contributed by atoms with van der Waals surface area (Å²) in [4.78, 5) is 60.6. The standard InChI is InChI=1S/C20H37N5O6/c1-7-11(6)14(22)18(28)23-12(8-13(21)26)17(27)24-15(9(2)3)19(29)25-16(10(4)5)20(30)31/h9-12,14-16H,7-8,22H2,1-6H3,(H2,21,26)(H,23,28)(H,24,27)(H,25,29)(H,30,31). The van der Waals surface area contributed by atoms with E-state index in [0.29, 0.717) is 6.42 Å². The minimum absolute atomic E-state index is 0.157. The van der Waals surface area contributed by atoms with Crippen molar-refractivity contribution >= 4 is 29.6 Å². The Morgan fingerprint density at radius 3 is 1.68 bits per heavy atom. The van der Waals surface area contributed by atoms with Crippen LogP contribution >= 0.6 is 0 Å². The molecule has 0 aliphatic heterocycles. The lowest BCUT2D eigenvalue weighted by atomic mass is 9.98. The van der Waals surface area contributed by atoms with E-state index in [1.165, 1.54) is 0 Å². The van der Waals surface area contributed by atoms with Gasteiger partial charge in [0.2, 0.25) is 23.6 Å². The number of hydrogen-bond acceptors (Lipinski definition) is 6. The molecule has 0 aromatic heterocycles. The Morgan fingerprint density at radius 1 is 0.806 bits per heavy atom. The molecule has 0 heterocycles. The second kappa shape index (κ2) is 12.9. The van der Waals surface area contributed by atoms with Gasteiger partial charge in [0.15, 0.2) is 0 Å². The smallest absolute Gasteiger partial charge is 0.326 e. The van der Waals surface area contributed by atoms with Crippen molar-refractivity contribution in [2.75, 3.05) is 0 Å².